The molecule has 55 heteroatoms. The van der Waals surface area contributed by atoms with Gasteiger partial charge in [-0.05, 0) is 6.92 Å². The molecule has 0 spiro atoms. The molecule has 0 aromatic heterocycles. The second-order valence-corrected chi connectivity index (χ2v) is 31.7. The highest BCUT2D eigenvalue weighted by atomic mass is 16.8. The van der Waals surface area contributed by atoms with Crippen LogP contribution in [0.1, 0.15) is 41.5 Å². The maximum atomic E-state index is 13.3. The quantitative estimate of drug-likeness (QED) is 0.0297. The van der Waals surface area contributed by atoms with Gasteiger partial charge in [0, 0.05) is 34.6 Å². The fourth-order valence-corrected chi connectivity index (χ4v) is 16.2. The number of carbonyl (C=O) groups is 5. The highest BCUT2D eigenvalue weighted by Crippen LogP contribution is 2.41. The van der Waals surface area contributed by atoms with E-state index in [1.807, 2.05) is 0 Å². The molecule has 0 radical (unpaired) electrons. The Balaban J connectivity index is 0.961. The smallest absolute Gasteiger partial charge is 0.217 e. The van der Waals surface area contributed by atoms with Crippen molar-refractivity contribution in [3.8, 4) is 0 Å². The minimum atomic E-state index is -2.59. The van der Waals surface area contributed by atoms with E-state index in [1.54, 1.807) is 0 Å². The van der Waals surface area contributed by atoms with Crippen LogP contribution in [-0.4, -0.2) is 529 Å². The molecule has 10 aliphatic rings. The molecule has 125 heavy (non-hydrogen) atoms. The van der Waals surface area contributed by atoms with Crippen LogP contribution in [0, 0.1) is 0 Å². The molecule has 10 aliphatic heterocycles. The molecule has 0 aromatic carbocycles. The molecule has 5 amide bonds. The van der Waals surface area contributed by atoms with Gasteiger partial charge in [-0.2, -0.15) is 0 Å². The maximum Gasteiger partial charge on any atom is 0.217 e. The Bertz CT molecular complexity index is 3420. The molecule has 10 rings (SSSR count). The first-order valence-corrected chi connectivity index (χ1v) is 40.0. The number of amides is 5. The number of rotatable bonds is 32. The van der Waals surface area contributed by atoms with Gasteiger partial charge in [0.1, 0.15) is 238 Å². The van der Waals surface area contributed by atoms with Crippen molar-refractivity contribution in [1.82, 2.24) is 26.6 Å². The van der Waals surface area contributed by atoms with Crippen molar-refractivity contribution in [2.24, 2.45) is 0 Å². The topological polar surface area (TPSA) is 847 Å². The first-order valence-electron chi connectivity index (χ1n) is 40.0. The lowest BCUT2D eigenvalue weighted by Gasteiger charge is -2.51. The van der Waals surface area contributed by atoms with Crippen molar-refractivity contribution < 1.29 is 247 Å². The summed E-state index contributed by atoms with van der Waals surface area (Å²) >= 11 is 0. The van der Waals surface area contributed by atoms with Gasteiger partial charge in [0.2, 0.25) is 29.5 Å². The van der Waals surface area contributed by atoms with Crippen LogP contribution in [0.4, 0.5) is 0 Å². The van der Waals surface area contributed by atoms with E-state index in [-0.39, 0.29) is 0 Å². The molecule has 0 aliphatic carbocycles. The van der Waals surface area contributed by atoms with Gasteiger partial charge < -0.3 is 249 Å². The predicted molar refractivity (Wildman–Crippen MR) is 386 cm³/mol. The zero-order valence-corrected chi connectivity index (χ0v) is 67.7. The Morgan fingerprint density at radius 1 is 0.224 bits per heavy atom. The van der Waals surface area contributed by atoms with Crippen LogP contribution in [0.25, 0.3) is 0 Å². The second kappa shape index (κ2) is 44.9. The Hall–Kier alpha value is -4.45. The van der Waals surface area contributed by atoms with Crippen molar-refractivity contribution >= 4 is 29.5 Å². The first-order chi connectivity index (χ1) is 59.1. The molecule has 10 saturated heterocycles. The lowest BCUT2D eigenvalue weighted by Crippen LogP contribution is -2.71. The van der Waals surface area contributed by atoms with Gasteiger partial charge in [0.15, 0.2) is 62.9 Å². The van der Waals surface area contributed by atoms with E-state index in [1.165, 1.54) is 6.92 Å². The Labute approximate surface area is 708 Å². The normalized spacial score (nSPS) is 48.7. The highest BCUT2D eigenvalue weighted by molar-refractivity contribution is 5.75. The molecule has 0 aromatic rings. The van der Waals surface area contributed by atoms with Crippen molar-refractivity contribution in [2.75, 3.05) is 59.5 Å². The highest BCUT2D eigenvalue weighted by Gasteiger charge is 2.62. The van der Waals surface area contributed by atoms with Crippen LogP contribution < -0.4 is 26.6 Å². The summed E-state index contributed by atoms with van der Waals surface area (Å²) in [5.41, 5.74) is 0. The number of aliphatic hydroxyl groups excluding tert-OH is 26. The molecule has 10 heterocycles. The Morgan fingerprint density at radius 2 is 0.496 bits per heavy atom. The van der Waals surface area contributed by atoms with E-state index < -0.39 is 396 Å². The Kier molecular flexibility index (Phi) is 36.8. The van der Waals surface area contributed by atoms with Crippen molar-refractivity contribution in [3.05, 3.63) is 0 Å². The molecule has 50 atom stereocenters. The third kappa shape index (κ3) is 23.1. The summed E-state index contributed by atoms with van der Waals surface area (Å²) in [7, 11) is 0. The lowest BCUT2D eigenvalue weighted by atomic mass is 9.93. The maximum absolute atomic E-state index is 13.3. The zero-order valence-electron chi connectivity index (χ0n) is 67.7. The fraction of sp³-hybridized carbons (Fsp3) is 0.929. The second-order valence-electron chi connectivity index (χ2n) is 31.7. The summed E-state index contributed by atoms with van der Waals surface area (Å²) in [5.74, 6) is -4.52. The van der Waals surface area contributed by atoms with Gasteiger partial charge in [0.25, 0.3) is 0 Å². The van der Waals surface area contributed by atoms with Crippen molar-refractivity contribution in [1.29, 1.82) is 0 Å². The standard InChI is InChI=1S/C70H117N5O50/c1-16-36(88)48(100)51(103)66(109-16)107-15-30-56(45(97)31(61(106)110-30)71-17(2)83)119-64-34(74-20(5)86)46(98)55(27(12-81)116-64)121-68-53(105)58(123-70-60(50(102)40(92)25(10-79)115-70)125-63-33(73-19(4)85)44(96)38(90)23(8-77)112-63)42(94)29(118-68)14-108-69-59(49(101)39(91)24(9-78)114-69)124-65-35(75-21(6)87)47(99)54(28(13-82)117-65)120-67-52(104)57(41(93)26(11-80)113-67)122-62-32(72-18(3)84)43(95)37(89)22(7-76)111-62/h16,22-70,76-82,88-106H,7-15H2,1-6H3,(H,71,83)(H,72,84)(H,73,85)(H,74,86)(H,75,87)/t16-,22+,23+,24+,25+,26+,27+,28+,29+,30+,31+,32+,33+,34+,35+,36+,37+,38+,39+,40+,41-,42+,43+,44+,45+,46+,47+,48+,49-,50-,51-,52+,53-,54+,55+,56+,57-,58-,59-,60-,61?,62-,63-,64-,65-,66+,67-,68-,69-,70+/m0/s1. The van der Waals surface area contributed by atoms with Gasteiger partial charge in [-0.25, -0.2) is 0 Å². The monoisotopic (exact) mass is 1830 g/mol. The number of aliphatic hydroxyl groups is 26. The third-order valence-electron chi connectivity index (χ3n) is 22.8. The lowest BCUT2D eigenvalue weighted by molar-refractivity contribution is -0.397. The Morgan fingerprint density at radius 3 is 0.904 bits per heavy atom. The number of nitrogens with one attached hydrogen (secondary N) is 5. The van der Waals surface area contributed by atoms with E-state index >= 15 is 0 Å². The summed E-state index contributed by atoms with van der Waals surface area (Å²) in [6.45, 7) is -3.82. The minimum absolute atomic E-state index is 0.811. The van der Waals surface area contributed by atoms with Gasteiger partial charge in [-0.3, -0.25) is 24.0 Å². The van der Waals surface area contributed by atoms with Crippen LogP contribution in [0.3, 0.4) is 0 Å². The molecule has 31 N–H and O–H groups in total. The van der Waals surface area contributed by atoms with Gasteiger partial charge >= 0.3 is 0 Å². The van der Waals surface area contributed by atoms with E-state index in [9.17, 15) is 157 Å². The largest absolute Gasteiger partial charge is 0.394 e. The summed E-state index contributed by atoms with van der Waals surface area (Å²) in [4.78, 5) is 63.7. The molecule has 0 saturated carbocycles. The predicted octanol–water partition coefficient (Wildman–Crippen LogP) is -21.1. The van der Waals surface area contributed by atoms with Crippen molar-refractivity contribution in [3.63, 3.8) is 0 Å². The SMILES string of the molecule is CC(=O)N[C@H]1[C@H](O[C@H]2[C@H](O)[C@@H](NC(C)=O)C(O)O[C@@H]2CO[C@@H]2O[C@@H](C)[C@@H](O)[C@@H](O)[C@@H]2O)O[C@H](CO)[C@@H](O[C@@H]2O[C@H](CO[C@H]3O[C@H](CO)[C@@H](O)[C@H](O)[C@@H]3O[C@@H]3O[C@H](CO)[C@@H](O[C@@H]4O[C@H](CO)[C@H](O)[C@H](O[C@@H]5O[C@H](CO)[C@@H](O)[C@H](O)[C@H]5NC(C)=O)[C@H]4O)[C@H](O)[C@H]3NC(C)=O)[C@@H](O)[C@H](O[C@H]3O[C@H](CO)[C@@H](O)[C@H](O)[C@@H]3O[C@@H]3O[C@H](CO)[C@@H](O)[C@H](O)[C@H]3NC(C)=O)[C@@H]2O)[C@@H]1O. The molecule has 0 bridgehead atoms. The molecule has 55 nitrogen and oxygen atoms in total. The van der Waals surface area contributed by atoms with Crippen LogP contribution in [0.5, 0.6) is 0 Å². The zero-order chi connectivity index (χ0) is 92.1. The van der Waals surface area contributed by atoms with Crippen LogP contribution >= 0.6 is 0 Å². The van der Waals surface area contributed by atoms with E-state index in [4.69, 9.17) is 90.0 Å². The van der Waals surface area contributed by atoms with Gasteiger partial charge in [-0.15, -0.1) is 0 Å². The number of hydrogen-bond donors (Lipinski definition) is 31. The molecule has 722 valence electrons. The number of carbonyl (C=O) groups excluding carboxylic acids is 5. The average molecular weight is 1830 g/mol. The molecular weight excluding hydrogens is 1710 g/mol. The molecule has 10 fully saturated rings. The summed E-state index contributed by atoms with van der Waals surface area (Å²) < 4.78 is 113. The number of hydrogen-bond acceptors (Lipinski definition) is 50. The van der Waals surface area contributed by atoms with E-state index in [2.05, 4.69) is 26.6 Å². The van der Waals surface area contributed by atoms with E-state index in [0.717, 1.165) is 34.6 Å². The van der Waals surface area contributed by atoms with Crippen LogP contribution in [0.2, 0.25) is 0 Å². The van der Waals surface area contributed by atoms with Crippen LogP contribution in [-0.2, 0) is 114 Å². The molecular formula is C70H117N5O50. The summed E-state index contributed by atoms with van der Waals surface area (Å²) in [5, 5.41) is 304. The van der Waals surface area contributed by atoms with Gasteiger partial charge in [0.05, 0.1) is 65.6 Å². The van der Waals surface area contributed by atoms with Crippen molar-refractivity contribution in [2.45, 2.75) is 348 Å². The van der Waals surface area contributed by atoms with Gasteiger partial charge in [-0.1, -0.05) is 0 Å². The average Bonchev–Trinajstić information content (AvgIpc) is 0.766. The van der Waals surface area contributed by atoms with E-state index in [0.29, 0.717) is 0 Å². The summed E-state index contributed by atoms with van der Waals surface area (Å²) in [6, 6.07) is -9.27. The van der Waals surface area contributed by atoms with Crippen LogP contribution in [0.15, 0.2) is 0 Å². The third-order valence-corrected chi connectivity index (χ3v) is 22.8. The molecule has 1 unspecified atom stereocenters. The minimum Gasteiger partial charge on any atom is -0.394 e. The first kappa shape index (κ1) is 103. The summed E-state index contributed by atoms with van der Waals surface area (Å²) in [6.07, 6.45) is -93.0. The fourth-order valence-electron chi connectivity index (χ4n) is 16.2. The number of ether oxygens (including phenoxy) is 19.